The van der Waals surface area contributed by atoms with Crippen LogP contribution in [-0.2, 0) is 19.3 Å². The Morgan fingerprint density at radius 1 is 1.16 bits per heavy atom. The van der Waals surface area contributed by atoms with Gasteiger partial charge >= 0.3 is 0 Å². The molecule has 0 radical (unpaired) electrons. The summed E-state index contributed by atoms with van der Waals surface area (Å²) in [4.78, 5) is 5.30. The average molecular weight is 412 g/mol. The fourth-order valence-electron chi connectivity index (χ4n) is 5.64. The first-order valence-corrected chi connectivity index (χ1v) is 12.0. The van der Waals surface area contributed by atoms with Crippen LogP contribution in [0.5, 0.6) is 0 Å². The molecule has 0 bridgehead atoms. The number of hydrogen-bond donors (Lipinski definition) is 0. The maximum Gasteiger partial charge on any atom is 0.0717 e. The number of pyridine rings is 1. The van der Waals surface area contributed by atoms with Crippen molar-refractivity contribution in [2.45, 2.75) is 80.1 Å². The van der Waals surface area contributed by atoms with Gasteiger partial charge in [0.25, 0.3) is 0 Å². The van der Waals surface area contributed by atoms with Crippen LogP contribution < -0.4 is 0 Å². The number of hydrogen-bond acceptors (Lipinski definition) is 1. The molecule has 0 N–H and O–H groups in total. The number of rotatable bonds is 4. The summed E-state index contributed by atoms with van der Waals surface area (Å²) in [5, 5.41) is 1.45. The summed E-state index contributed by atoms with van der Waals surface area (Å²) >= 11 is 0. The van der Waals surface area contributed by atoms with Crippen molar-refractivity contribution in [3.8, 4) is 0 Å². The van der Waals surface area contributed by atoms with E-state index >= 15 is 0 Å². The third-order valence-corrected chi connectivity index (χ3v) is 7.43. The van der Waals surface area contributed by atoms with Crippen LogP contribution in [-0.4, -0.2) is 4.98 Å². The Hall–Kier alpha value is -2.41. The van der Waals surface area contributed by atoms with Crippen LogP contribution in [0.4, 0.5) is 0 Å². The van der Waals surface area contributed by atoms with Crippen molar-refractivity contribution < 1.29 is 0 Å². The average Bonchev–Trinajstić information content (AvgIpc) is 2.93. The van der Waals surface area contributed by atoms with E-state index < -0.39 is 0 Å². The topological polar surface area (TPSA) is 12.9 Å². The summed E-state index contributed by atoms with van der Waals surface area (Å²) in [5.41, 5.74) is 15.1. The summed E-state index contributed by atoms with van der Waals surface area (Å²) in [7, 11) is 0. The number of aromatic nitrogens is 1. The monoisotopic (exact) mass is 411 g/mol. The Morgan fingerprint density at radius 3 is 2.61 bits per heavy atom. The number of benzene rings is 1. The van der Waals surface area contributed by atoms with Gasteiger partial charge in [-0.1, -0.05) is 44.2 Å². The van der Waals surface area contributed by atoms with Gasteiger partial charge in [-0.2, -0.15) is 0 Å². The zero-order chi connectivity index (χ0) is 22.3. The predicted molar refractivity (Wildman–Crippen MR) is 136 cm³/mol. The summed E-state index contributed by atoms with van der Waals surface area (Å²) < 4.78 is 0. The van der Waals surface area contributed by atoms with Crippen molar-refractivity contribution in [1.82, 2.24) is 4.98 Å². The van der Waals surface area contributed by atoms with Crippen LogP contribution >= 0.6 is 0 Å². The third kappa shape index (κ3) is 3.84. The molecule has 1 heterocycles. The lowest BCUT2D eigenvalue weighted by molar-refractivity contribution is 0.789. The molecule has 1 atom stereocenters. The second-order valence-electron chi connectivity index (χ2n) is 9.61. The number of allylic oxidation sites excluding steroid dienone is 7. The van der Waals surface area contributed by atoms with Crippen molar-refractivity contribution in [2.24, 2.45) is 5.92 Å². The van der Waals surface area contributed by atoms with E-state index in [1.54, 1.807) is 11.1 Å². The maximum atomic E-state index is 5.30. The number of aryl methyl sites for hydroxylation is 3. The standard InChI is InChI=1S/C30H37N/c1-8-23-26-15-11-14-25-22(7)20(5)17-28(29(25)26)31-30(23)21(6)16-27-19(4)12-9-10-13-24(27)18(2)3/h9,12,16-17,19H,2,8,10-11,13-15H2,1,3-7H3/b21-16+. The molecule has 2 aromatic rings. The molecular weight excluding hydrogens is 374 g/mol. The lowest BCUT2D eigenvalue weighted by Crippen LogP contribution is -2.11. The van der Waals surface area contributed by atoms with E-state index in [-0.39, 0.29) is 0 Å². The SMILES string of the molecule is C=C(C)C1=C(/C=C(\C)c2nc3cc(C)c(C)c4c3c(c2CC)CCC4)C(C)C=CCC1. The largest absolute Gasteiger partial charge is 0.248 e. The molecule has 31 heavy (non-hydrogen) atoms. The summed E-state index contributed by atoms with van der Waals surface area (Å²) in [6, 6.07) is 2.31. The quantitative estimate of drug-likeness (QED) is 0.462. The van der Waals surface area contributed by atoms with Crippen LogP contribution in [0, 0.1) is 19.8 Å². The summed E-state index contributed by atoms with van der Waals surface area (Å²) in [6.45, 7) is 17.8. The number of nitrogens with zero attached hydrogens (tertiary/aromatic N) is 1. The van der Waals surface area contributed by atoms with Crippen LogP contribution in [0.25, 0.3) is 16.5 Å². The van der Waals surface area contributed by atoms with E-state index in [0.717, 1.165) is 19.3 Å². The van der Waals surface area contributed by atoms with Crippen LogP contribution in [0.15, 0.2) is 47.6 Å². The lowest BCUT2D eigenvalue weighted by Gasteiger charge is -2.25. The minimum atomic E-state index is 0.407. The molecule has 4 rings (SSSR count). The van der Waals surface area contributed by atoms with Crippen LogP contribution in [0.1, 0.15) is 80.5 Å². The van der Waals surface area contributed by atoms with Gasteiger partial charge in [-0.25, -0.2) is 4.98 Å². The van der Waals surface area contributed by atoms with E-state index in [4.69, 9.17) is 4.98 Å². The highest BCUT2D eigenvalue weighted by molar-refractivity contribution is 5.91. The Bertz CT molecular complexity index is 1150. The fraction of sp³-hybridized carbons (Fsp3) is 0.433. The minimum Gasteiger partial charge on any atom is -0.248 e. The van der Waals surface area contributed by atoms with Gasteiger partial charge in [0.15, 0.2) is 0 Å². The second-order valence-corrected chi connectivity index (χ2v) is 9.61. The molecule has 2 aliphatic carbocycles. The van der Waals surface area contributed by atoms with Gasteiger partial charge in [-0.3, -0.25) is 0 Å². The summed E-state index contributed by atoms with van der Waals surface area (Å²) in [6.07, 6.45) is 13.9. The molecule has 1 aromatic carbocycles. The normalized spacial score (nSPS) is 19.2. The highest BCUT2D eigenvalue weighted by atomic mass is 14.7. The van der Waals surface area contributed by atoms with E-state index in [9.17, 15) is 0 Å². The van der Waals surface area contributed by atoms with Gasteiger partial charge in [0.05, 0.1) is 11.2 Å². The first-order chi connectivity index (χ1) is 14.8. The molecule has 0 fully saturated rings. The molecule has 1 nitrogen and oxygen atoms in total. The maximum absolute atomic E-state index is 5.30. The molecule has 1 unspecified atom stereocenters. The fourth-order valence-corrected chi connectivity index (χ4v) is 5.64. The van der Waals surface area contributed by atoms with Crippen molar-refractivity contribution in [3.63, 3.8) is 0 Å². The van der Waals surface area contributed by atoms with E-state index in [1.165, 1.54) is 74.8 Å². The first-order valence-electron chi connectivity index (χ1n) is 12.0. The Labute approximate surface area is 188 Å². The lowest BCUT2D eigenvalue weighted by atomic mass is 9.82. The molecule has 1 aromatic heterocycles. The second kappa shape index (κ2) is 8.61. The smallest absolute Gasteiger partial charge is 0.0717 e. The zero-order valence-corrected chi connectivity index (χ0v) is 20.3. The molecule has 1 heteroatoms. The highest BCUT2D eigenvalue weighted by Gasteiger charge is 2.23. The van der Waals surface area contributed by atoms with Crippen molar-refractivity contribution >= 4 is 16.5 Å². The van der Waals surface area contributed by atoms with Gasteiger partial charge < -0.3 is 0 Å². The van der Waals surface area contributed by atoms with Crippen molar-refractivity contribution in [2.75, 3.05) is 0 Å². The molecule has 0 spiro atoms. The molecular formula is C30H37N. The van der Waals surface area contributed by atoms with Gasteiger partial charge in [0.2, 0.25) is 0 Å². The van der Waals surface area contributed by atoms with Crippen LogP contribution in [0.3, 0.4) is 0 Å². The minimum absolute atomic E-state index is 0.407. The summed E-state index contributed by atoms with van der Waals surface area (Å²) in [5.74, 6) is 0.407. The van der Waals surface area contributed by atoms with E-state index in [0.29, 0.717) is 5.92 Å². The molecule has 0 amide bonds. The highest BCUT2D eigenvalue weighted by Crippen LogP contribution is 2.38. The molecule has 0 aliphatic heterocycles. The Balaban J connectivity index is 1.96. The third-order valence-electron chi connectivity index (χ3n) is 7.43. The molecule has 0 saturated carbocycles. The zero-order valence-electron chi connectivity index (χ0n) is 20.3. The van der Waals surface area contributed by atoms with Crippen molar-refractivity contribution in [1.29, 1.82) is 0 Å². The molecule has 162 valence electrons. The first kappa shape index (κ1) is 21.8. The van der Waals surface area contributed by atoms with Gasteiger partial charge in [0, 0.05) is 5.39 Å². The Kier molecular flexibility index (Phi) is 6.06. The van der Waals surface area contributed by atoms with E-state index in [2.05, 4.69) is 72.4 Å². The molecule has 2 aliphatic rings. The van der Waals surface area contributed by atoms with Gasteiger partial charge in [-0.15, -0.1) is 0 Å². The van der Waals surface area contributed by atoms with Crippen LogP contribution in [0.2, 0.25) is 0 Å². The van der Waals surface area contributed by atoms with E-state index in [1.807, 2.05) is 0 Å². The molecule has 0 saturated heterocycles. The van der Waals surface area contributed by atoms with Crippen molar-refractivity contribution in [3.05, 3.63) is 81.1 Å². The Morgan fingerprint density at radius 2 is 1.90 bits per heavy atom. The predicted octanol–water partition coefficient (Wildman–Crippen LogP) is 8.16. The van der Waals surface area contributed by atoms with Gasteiger partial charge in [-0.05, 0) is 123 Å². The van der Waals surface area contributed by atoms with Gasteiger partial charge in [0.1, 0.15) is 0 Å².